The number of hydrogen-bond donors (Lipinski definition) is 1. The predicted octanol–water partition coefficient (Wildman–Crippen LogP) is 2.61. The van der Waals surface area contributed by atoms with E-state index in [9.17, 15) is 0 Å². The van der Waals surface area contributed by atoms with E-state index in [0.717, 1.165) is 26.1 Å². The Morgan fingerprint density at radius 1 is 1.41 bits per heavy atom. The lowest BCUT2D eigenvalue weighted by atomic mass is 9.86. The van der Waals surface area contributed by atoms with Crippen LogP contribution in [0.2, 0.25) is 0 Å². The average Bonchev–Trinajstić information content (AvgIpc) is 2.29. The standard InChI is InChI=1S/C13H25NO2S/c1-11(2)10-16-14-12-3-6-15-13(9-12)4-7-17-8-5-13/h11-12,14H,3-10H2,1-2H3. The number of hydroxylamine groups is 1. The van der Waals surface area contributed by atoms with Crippen LogP contribution in [0.3, 0.4) is 0 Å². The Balaban J connectivity index is 1.76. The number of nitrogens with one attached hydrogen (secondary N) is 1. The molecule has 0 aromatic rings. The SMILES string of the molecule is CC(C)CONC1CCOC2(CCSCC2)C1. The van der Waals surface area contributed by atoms with Crippen LogP contribution in [0.25, 0.3) is 0 Å². The van der Waals surface area contributed by atoms with Gasteiger partial charge in [0, 0.05) is 12.6 Å². The molecule has 0 radical (unpaired) electrons. The van der Waals surface area contributed by atoms with Gasteiger partial charge < -0.3 is 9.57 Å². The summed E-state index contributed by atoms with van der Waals surface area (Å²) in [5.41, 5.74) is 3.39. The zero-order chi connectivity index (χ0) is 12.1. The van der Waals surface area contributed by atoms with E-state index >= 15 is 0 Å². The van der Waals surface area contributed by atoms with Crippen LogP contribution in [0.15, 0.2) is 0 Å². The summed E-state index contributed by atoms with van der Waals surface area (Å²) in [7, 11) is 0. The molecule has 1 unspecified atom stereocenters. The normalized spacial score (nSPS) is 28.8. The summed E-state index contributed by atoms with van der Waals surface area (Å²) >= 11 is 2.05. The van der Waals surface area contributed by atoms with Crippen LogP contribution < -0.4 is 5.48 Å². The van der Waals surface area contributed by atoms with Crippen molar-refractivity contribution in [1.29, 1.82) is 0 Å². The minimum Gasteiger partial charge on any atom is -0.375 e. The van der Waals surface area contributed by atoms with Crippen molar-refractivity contribution in [2.75, 3.05) is 24.7 Å². The zero-order valence-electron chi connectivity index (χ0n) is 11.0. The highest BCUT2D eigenvalue weighted by molar-refractivity contribution is 7.99. The maximum Gasteiger partial charge on any atom is 0.0714 e. The van der Waals surface area contributed by atoms with Gasteiger partial charge in [0.25, 0.3) is 0 Å². The van der Waals surface area contributed by atoms with Gasteiger partial charge >= 0.3 is 0 Å². The minimum atomic E-state index is 0.155. The number of hydrogen-bond acceptors (Lipinski definition) is 4. The molecule has 2 heterocycles. The third-order valence-electron chi connectivity index (χ3n) is 3.56. The van der Waals surface area contributed by atoms with Gasteiger partial charge in [-0.05, 0) is 43.1 Å². The Morgan fingerprint density at radius 2 is 2.18 bits per heavy atom. The molecule has 0 amide bonds. The molecule has 4 heteroatoms. The average molecular weight is 259 g/mol. The lowest BCUT2D eigenvalue weighted by molar-refractivity contribution is -0.118. The lowest BCUT2D eigenvalue weighted by Crippen LogP contribution is -2.49. The van der Waals surface area contributed by atoms with Gasteiger partial charge in [-0.3, -0.25) is 0 Å². The van der Waals surface area contributed by atoms with E-state index in [1.807, 2.05) is 0 Å². The number of rotatable bonds is 4. The molecule has 0 aliphatic carbocycles. The summed E-state index contributed by atoms with van der Waals surface area (Å²) < 4.78 is 6.06. The molecule has 0 aromatic carbocycles. The summed E-state index contributed by atoms with van der Waals surface area (Å²) in [5.74, 6) is 3.08. The lowest BCUT2D eigenvalue weighted by Gasteiger charge is -2.43. The maximum atomic E-state index is 6.06. The molecule has 2 fully saturated rings. The Bertz CT molecular complexity index is 224. The van der Waals surface area contributed by atoms with Crippen LogP contribution in [0.4, 0.5) is 0 Å². The van der Waals surface area contributed by atoms with Gasteiger partial charge in [-0.15, -0.1) is 0 Å². The highest BCUT2D eigenvalue weighted by Crippen LogP contribution is 2.37. The van der Waals surface area contributed by atoms with Crippen molar-refractivity contribution in [2.45, 2.75) is 51.2 Å². The van der Waals surface area contributed by atoms with Gasteiger partial charge in [0.05, 0.1) is 12.2 Å². The van der Waals surface area contributed by atoms with Crippen molar-refractivity contribution < 1.29 is 9.57 Å². The second-order valence-corrected chi connectivity index (χ2v) is 6.88. The van der Waals surface area contributed by atoms with Gasteiger partial charge in [0.15, 0.2) is 0 Å². The molecular weight excluding hydrogens is 234 g/mol. The second kappa shape index (κ2) is 6.41. The second-order valence-electron chi connectivity index (χ2n) is 5.66. The van der Waals surface area contributed by atoms with Crippen molar-refractivity contribution in [1.82, 2.24) is 5.48 Å². The van der Waals surface area contributed by atoms with E-state index in [-0.39, 0.29) is 5.60 Å². The summed E-state index contributed by atoms with van der Waals surface area (Å²) in [6.45, 7) is 6.02. The Hall–Kier alpha value is 0.230. The molecule has 2 saturated heterocycles. The number of ether oxygens (including phenoxy) is 1. The molecule has 0 saturated carbocycles. The van der Waals surface area contributed by atoms with Crippen LogP contribution in [0.1, 0.15) is 39.5 Å². The van der Waals surface area contributed by atoms with Crippen LogP contribution >= 0.6 is 11.8 Å². The predicted molar refractivity (Wildman–Crippen MR) is 72.2 cm³/mol. The van der Waals surface area contributed by atoms with Gasteiger partial charge in [0.2, 0.25) is 0 Å². The van der Waals surface area contributed by atoms with Crippen LogP contribution in [0, 0.1) is 5.92 Å². The largest absolute Gasteiger partial charge is 0.375 e. The van der Waals surface area contributed by atoms with E-state index in [4.69, 9.17) is 9.57 Å². The third kappa shape index (κ3) is 4.12. The molecule has 0 aromatic heterocycles. The summed E-state index contributed by atoms with van der Waals surface area (Å²) in [5, 5.41) is 0. The molecule has 3 nitrogen and oxygen atoms in total. The minimum absolute atomic E-state index is 0.155. The molecule has 17 heavy (non-hydrogen) atoms. The fourth-order valence-electron chi connectivity index (χ4n) is 2.55. The van der Waals surface area contributed by atoms with Gasteiger partial charge in [0.1, 0.15) is 0 Å². The smallest absolute Gasteiger partial charge is 0.0714 e. The van der Waals surface area contributed by atoms with Crippen LogP contribution in [-0.4, -0.2) is 36.4 Å². The Labute approximate surface area is 109 Å². The molecule has 1 spiro atoms. The van der Waals surface area contributed by atoms with Crippen molar-refractivity contribution >= 4 is 11.8 Å². The maximum absolute atomic E-state index is 6.06. The van der Waals surface area contributed by atoms with E-state index in [1.165, 1.54) is 24.3 Å². The number of thioether (sulfide) groups is 1. The quantitative estimate of drug-likeness (QED) is 0.786. The monoisotopic (exact) mass is 259 g/mol. The Morgan fingerprint density at radius 3 is 2.88 bits per heavy atom. The van der Waals surface area contributed by atoms with E-state index in [1.54, 1.807) is 0 Å². The molecule has 100 valence electrons. The molecule has 2 rings (SSSR count). The first kappa shape index (κ1) is 13.7. The van der Waals surface area contributed by atoms with Crippen LogP contribution in [0.5, 0.6) is 0 Å². The fourth-order valence-corrected chi connectivity index (χ4v) is 3.79. The Kier molecular flexibility index (Phi) is 5.15. The van der Waals surface area contributed by atoms with Crippen molar-refractivity contribution in [3.8, 4) is 0 Å². The molecule has 0 bridgehead atoms. The molecular formula is C13H25NO2S. The summed E-state index contributed by atoms with van der Waals surface area (Å²) in [4.78, 5) is 5.56. The highest BCUT2D eigenvalue weighted by atomic mass is 32.2. The third-order valence-corrected chi connectivity index (χ3v) is 4.55. The van der Waals surface area contributed by atoms with Gasteiger partial charge in [-0.25, -0.2) is 0 Å². The van der Waals surface area contributed by atoms with Gasteiger partial charge in [-0.2, -0.15) is 17.2 Å². The molecule has 2 aliphatic rings. The fraction of sp³-hybridized carbons (Fsp3) is 1.00. The van der Waals surface area contributed by atoms with Crippen molar-refractivity contribution in [3.05, 3.63) is 0 Å². The van der Waals surface area contributed by atoms with E-state index in [2.05, 4.69) is 31.1 Å². The molecule has 1 N–H and O–H groups in total. The highest BCUT2D eigenvalue weighted by Gasteiger charge is 2.38. The van der Waals surface area contributed by atoms with Crippen molar-refractivity contribution in [3.63, 3.8) is 0 Å². The molecule has 1 atom stereocenters. The van der Waals surface area contributed by atoms with Crippen molar-refractivity contribution in [2.24, 2.45) is 5.92 Å². The first-order valence-electron chi connectivity index (χ1n) is 6.79. The topological polar surface area (TPSA) is 30.5 Å². The van der Waals surface area contributed by atoms with Crippen LogP contribution in [-0.2, 0) is 9.57 Å². The van der Waals surface area contributed by atoms with E-state index < -0.39 is 0 Å². The first-order valence-corrected chi connectivity index (χ1v) is 7.95. The first-order chi connectivity index (χ1) is 8.20. The zero-order valence-corrected chi connectivity index (χ0v) is 11.9. The summed E-state index contributed by atoms with van der Waals surface area (Å²) in [6, 6.07) is 0.477. The van der Waals surface area contributed by atoms with E-state index in [0.29, 0.717) is 12.0 Å². The molecule has 2 aliphatic heterocycles. The summed E-state index contributed by atoms with van der Waals surface area (Å²) in [6.07, 6.45) is 4.61. The van der Waals surface area contributed by atoms with Gasteiger partial charge in [-0.1, -0.05) is 13.8 Å².